The molecule has 1 aromatic carbocycles. The van der Waals surface area contributed by atoms with Gasteiger partial charge in [0.05, 0.1) is 10.2 Å². The van der Waals surface area contributed by atoms with E-state index in [1.807, 2.05) is 49.9 Å². The zero-order chi connectivity index (χ0) is 23.7. The Morgan fingerprint density at radius 2 is 1.88 bits per heavy atom. The number of likely N-dealkylation sites (tertiary alicyclic amines) is 1. The first-order chi connectivity index (χ1) is 16.3. The fourth-order valence-corrected chi connectivity index (χ4v) is 5.50. The van der Waals surface area contributed by atoms with E-state index in [9.17, 15) is 4.79 Å². The minimum atomic E-state index is -0.471. The van der Waals surface area contributed by atoms with Gasteiger partial charge in [-0.1, -0.05) is 29.5 Å². The first kappa shape index (κ1) is 22.9. The highest BCUT2D eigenvalue weighted by molar-refractivity contribution is 7.22. The Morgan fingerprint density at radius 3 is 2.62 bits per heavy atom. The smallest absolute Gasteiger partial charge is 0.410 e. The van der Waals surface area contributed by atoms with E-state index in [4.69, 9.17) is 9.47 Å². The molecule has 0 bridgehead atoms. The lowest BCUT2D eigenvalue weighted by atomic mass is 9.88. The summed E-state index contributed by atoms with van der Waals surface area (Å²) in [5.74, 6) is 1.07. The molecule has 7 nitrogen and oxygen atoms in total. The van der Waals surface area contributed by atoms with E-state index in [2.05, 4.69) is 27.4 Å². The number of aromatic nitrogens is 2. The molecule has 0 spiro atoms. The van der Waals surface area contributed by atoms with E-state index in [0.717, 1.165) is 47.8 Å². The number of amides is 1. The van der Waals surface area contributed by atoms with E-state index < -0.39 is 5.60 Å². The molecule has 0 atom stereocenters. The van der Waals surface area contributed by atoms with Gasteiger partial charge in [0.25, 0.3) is 0 Å². The molecule has 1 saturated carbocycles. The third kappa shape index (κ3) is 5.27. The average Bonchev–Trinajstić information content (AvgIpc) is 3.19. The van der Waals surface area contributed by atoms with Gasteiger partial charge in [0, 0.05) is 43.7 Å². The number of benzene rings is 1. The summed E-state index contributed by atoms with van der Waals surface area (Å²) < 4.78 is 13.1. The number of rotatable bonds is 5. The van der Waals surface area contributed by atoms with E-state index >= 15 is 0 Å². The van der Waals surface area contributed by atoms with Crippen LogP contribution in [0.4, 0.5) is 9.93 Å². The lowest BCUT2D eigenvalue weighted by Gasteiger charge is -2.37. The predicted molar refractivity (Wildman–Crippen MR) is 135 cm³/mol. The van der Waals surface area contributed by atoms with Crippen LogP contribution in [-0.4, -0.2) is 51.8 Å². The number of fused-ring (bicyclic) bond motifs is 1. The summed E-state index contributed by atoms with van der Waals surface area (Å²) in [5, 5.41) is 4.52. The van der Waals surface area contributed by atoms with Gasteiger partial charge >= 0.3 is 6.09 Å². The Morgan fingerprint density at radius 1 is 1.12 bits per heavy atom. The van der Waals surface area contributed by atoms with Crippen LogP contribution in [0.2, 0.25) is 0 Å². The summed E-state index contributed by atoms with van der Waals surface area (Å²) in [4.78, 5) is 23.4. The minimum absolute atomic E-state index is 0.155. The van der Waals surface area contributed by atoms with E-state index in [1.54, 1.807) is 17.5 Å². The van der Waals surface area contributed by atoms with Crippen molar-refractivity contribution in [1.29, 1.82) is 0 Å². The van der Waals surface area contributed by atoms with Crippen LogP contribution in [0.1, 0.15) is 57.9 Å². The third-order valence-electron chi connectivity index (χ3n) is 6.38. The molecule has 1 aliphatic heterocycles. The maximum atomic E-state index is 12.4. The van der Waals surface area contributed by atoms with Gasteiger partial charge in [-0.2, -0.15) is 0 Å². The van der Waals surface area contributed by atoms with Crippen molar-refractivity contribution >= 4 is 32.8 Å². The number of pyridine rings is 1. The Labute approximate surface area is 204 Å². The zero-order valence-corrected chi connectivity index (χ0v) is 20.8. The number of nitrogens with zero attached hydrogens (tertiary/aromatic N) is 3. The maximum Gasteiger partial charge on any atom is 0.410 e. The molecule has 0 radical (unpaired) electrons. The third-order valence-corrected chi connectivity index (χ3v) is 7.35. The van der Waals surface area contributed by atoms with E-state index in [1.165, 1.54) is 4.70 Å². The molecular formula is C26H32N4O3S. The number of ether oxygens (including phenoxy) is 2. The Balaban J connectivity index is 1.14. The van der Waals surface area contributed by atoms with Gasteiger partial charge in [-0.25, -0.2) is 14.8 Å². The number of nitrogens with one attached hydrogen (secondary N) is 1. The molecule has 1 saturated heterocycles. The largest absolute Gasteiger partial charge is 0.474 e. The lowest BCUT2D eigenvalue weighted by Crippen LogP contribution is -2.43. The molecule has 180 valence electrons. The molecular weight excluding hydrogens is 448 g/mol. The summed E-state index contributed by atoms with van der Waals surface area (Å²) in [6.45, 7) is 7.07. The lowest BCUT2D eigenvalue weighted by molar-refractivity contribution is 0.0203. The Bertz CT molecular complexity index is 1110. The van der Waals surface area contributed by atoms with Crippen molar-refractivity contribution in [2.45, 2.75) is 70.1 Å². The molecule has 8 heteroatoms. The topological polar surface area (TPSA) is 76.6 Å². The standard InChI is InChI=1S/C26H32N4O3S/c1-26(2,3)33-25(31)30-13-10-17(11-14-30)20-7-6-12-27-23(20)32-19-15-18(16-19)28-24-29-21-8-4-5-9-22(21)34-24/h4-9,12,17-19H,10-11,13-16H2,1-3H3,(H,28,29). The predicted octanol–water partition coefficient (Wildman–Crippen LogP) is 5.83. The normalized spacial score (nSPS) is 21.2. The number of thiazole rings is 1. The van der Waals surface area contributed by atoms with Crippen LogP contribution in [0.15, 0.2) is 42.6 Å². The molecule has 5 rings (SSSR count). The molecule has 0 unspecified atom stereocenters. The van der Waals surface area contributed by atoms with E-state index in [0.29, 0.717) is 25.0 Å². The van der Waals surface area contributed by atoms with Crippen LogP contribution in [0.5, 0.6) is 5.88 Å². The van der Waals surface area contributed by atoms with Crippen LogP contribution in [0.25, 0.3) is 10.2 Å². The number of anilines is 1. The molecule has 2 aromatic heterocycles. The van der Waals surface area contributed by atoms with Gasteiger partial charge in [-0.3, -0.25) is 0 Å². The van der Waals surface area contributed by atoms with Crippen LogP contribution in [0.3, 0.4) is 0 Å². The quantitative estimate of drug-likeness (QED) is 0.495. The zero-order valence-electron chi connectivity index (χ0n) is 20.0. The van der Waals surface area contributed by atoms with Gasteiger partial charge in [0.15, 0.2) is 5.13 Å². The molecule has 1 aliphatic carbocycles. The average molecular weight is 481 g/mol. The Hall–Kier alpha value is -2.87. The fraction of sp³-hybridized carbons (Fsp3) is 0.500. The van der Waals surface area contributed by atoms with Gasteiger partial charge < -0.3 is 19.7 Å². The molecule has 3 heterocycles. The van der Waals surface area contributed by atoms with Crippen molar-refractivity contribution in [2.24, 2.45) is 0 Å². The number of hydrogen-bond acceptors (Lipinski definition) is 7. The van der Waals surface area contributed by atoms with Crippen LogP contribution < -0.4 is 10.1 Å². The van der Waals surface area contributed by atoms with Crippen LogP contribution >= 0.6 is 11.3 Å². The maximum absolute atomic E-state index is 12.4. The molecule has 34 heavy (non-hydrogen) atoms. The Kier molecular flexibility index (Phi) is 6.34. The summed E-state index contributed by atoms with van der Waals surface area (Å²) >= 11 is 1.69. The number of hydrogen-bond donors (Lipinski definition) is 1. The number of para-hydroxylation sites is 1. The molecule has 1 amide bonds. The summed E-state index contributed by atoms with van der Waals surface area (Å²) in [6.07, 6.45) is 5.36. The summed E-state index contributed by atoms with van der Waals surface area (Å²) in [7, 11) is 0. The van der Waals surface area contributed by atoms with Gasteiger partial charge in [-0.15, -0.1) is 0 Å². The van der Waals surface area contributed by atoms with Gasteiger partial charge in [0.1, 0.15) is 11.7 Å². The summed E-state index contributed by atoms with van der Waals surface area (Å²) in [5.41, 5.74) is 1.72. The molecule has 2 fully saturated rings. The highest BCUT2D eigenvalue weighted by Gasteiger charge is 2.34. The van der Waals surface area contributed by atoms with Crippen molar-refractivity contribution in [3.05, 3.63) is 48.2 Å². The fourth-order valence-electron chi connectivity index (χ4n) is 4.56. The first-order valence-corrected chi connectivity index (χ1v) is 12.9. The monoisotopic (exact) mass is 480 g/mol. The number of piperidine rings is 1. The highest BCUT2D eigenvalue weighted by Crippen LogP contribution is 2.36. The number of carbonyl (C=O) groups excluding carboxylic acids is 1. The SMILES string of the molecule is CC(C)(C)OC(=O)N1CCC(c2cccnc2OC2CC(Nc3nc4ccccc4s3)C2)CC1. The van der Waals surface area contributed by atoms with Crippen LogP contribution in [0, 0.1) is 0 Å². The van der Waals surface area contributed by atoms with Crippen molar-refractivity contribution in [1.82, 2.24) is 14.9 Å². The summed E-state index contributed by atoms with van der Waals surface area (Å²) in [6, 6.07) is 12.7. The van der Waals surface area contributed by atoms with Gasteiger partial charge in [-0.05, 0) is 57.7 Å². The highest BCUT2D eigenvalue weighted by atomic mass is 32.1. The van der Waals surface area contributed by atoms with Crippen molar-refractivity contribution < 1.29 is 14.3 Å². The van der Waals surface area contributed by atoms with E-state index in [-0.39, 0.29) is 12.2 Å². The van der Waals surface area contributed by atoms with Crippen molar-refractivity contribution in [2.75, 3.05) is 18.4 Å². The van der Waals surface area contributed by atoms with Crippen molar-refractivity contribution in [3.63, 3.8) is 0 Å². The van der Waals surface area contributed by atoms with Crippen LogP contribution in [-0.2, 0) is 4.74 Å². The van der Waals surface area contributed by atoms with Gasteiger partial charge in [0.2, 0.25) is 5.88 Å². The molecule has 3 aromatic rings. The second kappa shape index (κ2) is 9.41. The number of carbonyl (C=O) groups is 1. The minimum Gasteiger partial charge on any atom is -0.474 e. The second-order valence-corrected chi connectivity index (χ2v) is 11.2. The second-order valence-electron chi connectivity index (χ2n) is 10.2. The first-order valence-electron chi connectivity index (χ1n) is 12.1. The molecule has 1 N–H and O–H groups in total. The molecule has 2 aliphatic rings. The van der Waals surface area contributed by atoms with Crippen molar-refractivity contribution in [3.8, 4) is 5.88 Å².